The second kappa shape index (κ2) is 4.14. The maximum absolute atomic E-state index is 12.6. The van der Waals surface area contributed by atoms with E-state index in [0.717, 1.165) is 12.1 Å². The molecule has 1 aromatic carbocycles. The Hall–Kier alpha value is -1.36. The van der Waals surface area contributed by atoms with Crippen LogP contribution >= 0.6 is 0 Å². The lowest BCUT2D eigenvalue weighted by atomic mass is 9.98. The van der Waals surface area contributed by atoms with E-state index < -0.39 is 17.5 Å². The first-order valence-electron chi connectivity index (χ1n) is 5.24. The molecule has 1 unspecified atom stereocenters. The van der Waals surface area contributed by atoms with E-state index in [1.807, 2.05) is 0 Å². The number of rotatable bonds is 2. The Kier molecular flexibility index (Phi) is 2.95. The standard InChI is InChI=1S/C12H12F3NO/c1-17-11(6-3-7-16-11)9-4-2-5-10(8-9)12(13,14)15/h2,4-5,7-8H,3,6H2,1H3. The van der Waals surface area contributed by atoms with E-state index in [9.17, 15) is 13.2 Å². The predicted octanol–water partition coefficient (Wildman–Crippen LogP) is 3.37. The molecular weight excluding hydrogens is 231 g/mol. The number of ether oxygens (including phenoxy) is 1. The predicted molar refractivity (Wildman–Crippen MR) is 57.9 cm³/mol. The van der Waals surface area contributed by atoms with Crippen LogP contribution in [0, 0.1) is 0 Å². The Morgan fingerprint density at radius 3 is 2.65 bits per heavy atom. The Bertz CT molecular complexity index is 442. The number of nitrogens with zero attached hydrogens (tertiary/aromatic N) is 1. The monoisotopic (exact) mass is 243 g/mol. The fraction of sp³-hybridized carbons (Fsp3) is 0.417. The second-order valence-corrected chi connectivity index (χ2v) is 3.92. The first-order valence-corrected chi connectivity index (χ1v) is 5.24. The topological polar surface area (TPSA) is 21.6 Å². The third kappa shape index (κ3) is 2.20. The quantitative estimate of drug-likeness (QED) is 0.780. The second-order valence-electron chi connectivity index (χ2n) is 3.92. The molecule has 1 atom stereocenters. The van der Waals surface area contributed by atoms with Crippen LogP contribution in [0.25, 0.3) is 0 Å². The highest BCUT2D eigenvalue weighted by Gasteiger charge is 2.36. The van der Waals surface area contributed by atoms with E-state index in [4.69, 9.17) is 4.74 Å². The Balaban J connectivity index is 2.43. The number of hydrogen-bond donors (Lipinski definition) is 0. The van der Waals surface area contributed by atoms with Crippen molar-refractivity contribution in [1.29, 1.82) is 0 Å². The number of benzene rings is 1. The molecule has 0 spiro atoms. The van der Waals surface area contributed by atoms with Crippen molar-refractivity contribution in [3.05, 3.63) is 35.4 Å². The first-order chi connectivity index (χ1) is 7.98. The molecule has 5 heteroatoms. The third-order valence-electron chi connectivity index (χ3n) is 2.89. The van der Waals surface area contributed by atoms with E-state index in [1.165, 1.54) is 13.2 Å². The Morgan fingerprint density at radius 1 is 1.35 bits per heavy atom. The highest BCUT2D eigenvalue weighted by atomic mass is 19.4. The van der Waals surface area contributed by atoms with Gasteiger partial charge in [0.2, 0.25) is 0 Å². The summed E-state index contributed by atoms with van der Waals surface area (Å²) in [4.78, 5) is 4.16. The number of alkyl halides is 3. The van der Waals surface area contributed by atoms with E-state index in [2.05, 4.69) is 4.99 Å². The zero-order chi connectivity index (χ0) is 12.5. The van der Waals surface area contributed by atoms with Crippen molar-refractivity contribution >= 4 is 6.21 Å². The molecule has 1 heterocycles. The van der Waals surface area contributed by atoms with Crippen LogP contribution in [0.4, 0.5) is 13.2 Å². The molecule has 0 N–H and O–H groups in total. The van der Waals surface area contributed by atoms with Gasteiger partial charge in [0, 0.05) is 25.3 Å². The van der Waals surface area contributed by atoms with Crippen LogP contribution in [-0.2, 0) is 16.6 Å². The SMILES string of the molecule is COC1(c2cccc(C(F)(F)F)c2)CCC=N1. The highest BCUT2D eigenvalue weighted by Crippen LogP contribution is 2.38. The smallest absolute Gasteiger partial charge is 0.353 e. The number of methoxy groups -OCH3 is 1. The molecule has 0 saturated heterocycles. The maximum Gasteiger partial charge on any atom is 0.416 e. The summed E-state index contributed by atoms with van der Waals surface area (Å²) in [6, 6.07) is 5.14. The van der Waals surface area contributed by atoms with Gasteiger partial charge in [-0.05, 0) is 18.6 Å². The van der Waals surface area contributed by atoms with E-state index in [-0.39, 0.29) is 0 Å². The average molecular weight is 243 g/mol. The minimum absolute atomic E-state index is 0.448. The summed E-state index contributed by atoms with van der Waals surface area (Å²) in [6.07, 6.45) is -1.37. The normalized spacial score (nSPS) is 24.2. The van der Waals surface area contributed by atoms with Gasteiger partial charge in [0.05, 0.1) is 5.56 Å². The molecule has 1 aromatic rings. The first kappa shape index (κ1) is 12.1. The van der Waals surface area contributed by atoms with Crippen molar-refractivity contribution in [2.24, 2.45) is 4.99 Å². The molecule has 2 rings (SSSR count). The summed E-state index contributed by atoms with van der Waals surface area (Å²) in [5, 5.41) is 0. The lowest BCUT2D eigenvalue weighted by Crippen LogP contribution is -2.23. The maximum atomic E-state index is 12.6. The fourth-order valence-corrected chi connectivity index (χ4v) is 1.97. The molecule has 1 aliphatic heterocycles. The summed E-state index contributed by atoms with van der Waals surface area (Å²) in [5.74, 6) is 0. The number of halogens is 3. The average Bonchev–Trinajstić information content (AvgIpc) is 2.78. The lowest BCUT2D eigenvalue weighted by molar-refractivity contribution is -0.137. The van der Waals surface area contributed by atoms with E-state index in [1.54, 1.807) is 12.3 Å². The summed E-state index contributed by atoms with van der Waals surface area (Å²) in [5.41, 5.74) is -1.17. The van der Waals surface area contributed by atoms with Crippen LogP contribution < -0.4 is 0 Å². The van der Waals surface area contributed by atoms with Gasteiger partial charge in [-0.15, -0.1) is 0 Å². The minimum atomic E-state index is -4.34. The molecule has 0 bridgehead atoms. The minimum Gasteiger partial charge on any atom is -0.353 e. The number of hydrogen-bond acceptors (Lipinski definition) is 2. The molecule has 0 amide bonds. The third-order valence-corrected chi connectivity index (χ3v) is 2.89. The van der Waals surface area contributed by atoms with Crippen molar-refractivity contribution < 1.29 is 17.9 Å². The molecule has 0 saturated carbocycles. The van der Waals surface area contributed by atoms with Gasteiger partial charge >= 0.3 is 6.18 Å². The van der Waals surface area contributed by atoms with Gasteiger partial charge in [-0.1, -0.05) is 12.1 Å². The van der Waals surface area contributed by atoms with Gasteiger partial charge < -0.3 is 4.74 Å². The van der Waals surface area contributed by atoms with Crippen molar-refractivity contribution in [1.82, 2.24) is 0 Å². The van der Waals surface area contributed by atoms with E-state index >= 15 is 0 Å². The molecule has 17 heavy (non-hydrogen) atoms. The van der Waals surface area contributed by atoms with Crippen molar-refractivity contribution in [3.63, 3.8) is 0 Å². The fourth-order valence-electron chi connectivity index (χ4n) is 1.97. The van der Waals surface area contributed by atoms with Crippen LogP contribution in [-0.4, -0.2) is 13.3 Å². The summed E-state index contributed by atoms with van der Waals surface area (Å²) in [7, 11) is 1.46. The van der Waals surface area contributed by atoms with Crippen molar-refractivity contribution in [2.45, 2.75) is 24.7 Å². The van der Waals surface area contributed by atoms with Crippen molar-refractivity contribution in [3.8, 4) is 0 Å². The number of aliphatic imine (C=N–C) groups is 1. The summed E-state index contributed by atoms with van der Waals surface area (Å²) in [6.45, 7) is 0. The zero-order valence-corrected chi connectivity index (χ0v) is 9.29. The van der Waals surface area contributed by atoms with E-state index in [0.29, 0.717) is 18.4 Å². The van der Waals surface area contributed by atoms with Gasteiger partial charge in [0.15, 0.2) is 5.72 Å². The molecule has 0 radical (unpaired) electrons. The van der Waals surface area contributed by atoms with Crippen LogP contribution in [0.1, 0.15) is 24.0 Å². The highest BCUT2D eigenvalue weighted by molar-refractivity contribution is 5.61. The van der Waals surface area contributed by atoms with Gasteiger partial charge in [0.1, 0.15) is 0 Å². The molecule has 0 aliphatic carbocycles. The Labute approximate surface area is 97.1 Å². The van der Waals surface area contributed by atoms with Crippen LogP contribution in [0.2, 0.25) is 0 Å². The van der Waals surface area contributed by atoms with Crippen molar-refractivity contribution in [2.75, 3.05) is 7.11 Å². The lowest BCUT2D eigenvalue weighted by Gasteiger charge is -2.25. The van der Waals surface area contributed by atoms with Crippen LogP contribution in [0.5, 0.6) is 0 Å². The van der Waals surface area contributed by atoms with Crippen LogP contribution in [0.15, 0.2) is 29.3 Å². The van der Waals surface area contributed by atoms with Crippen LogP contribution in [0.3, 0.4) is 0 Å². The summed E-state index contributed by atoms with van der Waals surface area (Å²) >= 11 is 0. The molecule has 2 nitrogen and oxygen atoms in total. The molecule has 1 aliphatic rings. The largest absolute Gasteiger partial charge is 0.416 e. The molecular formula is C12H12F3NO. The molecule has 0 fully saturated rings. The van der Waals surface area contributed by atoms with Gasteiger partial charge in [-0.3, -0.25) is 4.99 Å². The summed E-state index contributed by atoms with van der Waals surface area (Å²) < 4.78 is 43.1. The molecule has 0 aromatic heterocycles. The van der Waals surface area contributed by atoms with Gasteiger partial charge in [-0.25, -0.2) is 0 Å². The Morgan fingerprint density at radius 2 is 2.12 bits per heavy atom. The van der Waals surface area contributed by atoms with Gasteiger partial charge in [-0.2, -0.15) is 13.2 Å². The zero-order valence-electron chi connectivity index (χ0n) is 9.29. The molecule has 92 valence electrons. The van der Waals surface area contributed by atoms with Gasteiger partial charge in [0.25, 0.3) is 0 Å².